The molecule has 6 unspecified atom stereocenters. The molecule has 0 amide bonds. The van der Waals surface area contributed by atoms with Crippen molar-refractivity contribution in [2.75, 3.05) is 6.61 Å². The van der Waals surface area contributed by atoms with E-state index in [4.69, 9.17) is 4.43 Å². The van der Waals surface area contributed by atoms with Gasteiger partial charge in [-0.05, 0) is 97.6 Å². The Morgan fingerprint density at radius 3 is 1.71 bits per heavy atom. The summed E-state index contributed by atoms with van der Waals surface area (Å²) in [6, 6.07) is 3.80. The molecule has 172 valence electrons. The van der Waals surface area contributed by atoms with Crippen molar-refractivity contribution >= 4 is 8.32 Å². The molecule has 2 heteroatoms. The minimum atomic E-state index is -1.47. The molecule has 31 heavy (non-hydrogen) atoms. The van der Waals surface area contributed by atoms with E-state index in [1.807, 2.05) is 0 Å². The molecule has 0 spiro atoms. The fraction of sp³-hybridized carbons (Fsp3) is 0.724. The zero-order valence-corrected chi connectivity index (χ0v) is 21.6. The second kappa shape index (κ2) is 9.95. The lowest BCUT2D eigenvalue weighted by atomic mass is 9.58. The van der Waals surface area contributed by atoms with Gasteiger partial charge in [0.1, 0.15) is 0 Å². The van der Waals surface area contributed by atoms with Gasteiger partial charge in [0.25, 0.3) is 0 Å². The fourth-order valence-electron chi connectivity index (χ4n) is 7.89. The Kier molecular flexibility index (Phi) is 7.48. The van der Waals surface area contributed by atoms with Gasteiger partial charge < -0.3 is 4.43 Å². The molecule has 0 bridgehead atoms. The molecule has 0 aliphatic heterocycles. The normalized spacial score (nSPS) is 35.9. The molecule has 0 aromatic heterocycles. The first-order valence-corrected chi connectivity index (χ1v) is 15.9. The Bertz CT molecular complexity index is 660. The van der Waals surface area contributed by atoms with Crippen LogP contribution in [0.1, 0.15) is 66.2 Å². The van der Waals surface area contributed by atoms with Crippen LogP contribution >= 0.6 is 0 Å². The standard InChI is InChI=1S/C29H46OSi/c1-5-31(6-2,7-3)30-22-12-21-29(4,27-19-17-23-13-8-10-15-25(23)27)28-20-18-24-14-9-11-16-26(24)28/h8-11,13-16,23-28H,5-7,12,17-22H2,1-4H3. The van der Waals surface area contributed by atoms with Gasteiger partial charge in [-0.1, -0.05) is 76.3 Å². The average Bonchev–Trinajstić information content (AvgIpc) is 3.45. The molecule has 2 saturated carbocycles. The van der Waals surface area contributed by atoms with Crippen LogP contribution in [-0.4, -0.2) is 14.9 Å². The third kappa shape index (κ3) is 4.49. The summed E-state index contributed by atoms with van der Waals surface area (Å²) in [6.45, 7) is 10.7. The molecule has 0 aromatic rings. The number of fused-ring (bicyclic) bond motifs is 2. The Morgan fingerprint density at radius 1 is 0.742 bits per heavy atom. The van der Waals surface area contributed by atoms with Gasteiger partial charge in [-0.25, -0.2) is 0 Å². The van der Waals surface area contributed by atoms with Crippen LogP contribution in [0.25, 0.3) is 0 Å². The molecule has 1 nitrogen and oxygen atoms in total. The largest absolute Gasteiger partial charge is 0.417 e. The van der Waals surface area contributed by atoms with Gasteiger partial charge in [-0.15, -0.1) is 0 Å². The van der Waals surface area contributed by atoms with E-state index in [1.165, 1.54) is 56.7 Å². The maximum atomic E-state index is 6.70. The quantitative estimate of drug-likeness (QED) is 0.246. The summed E-state index contributed by atoms with van der Waals surface area (Å²) in [5.74, 6) is 4.73. The van der Waals surface area contributed by atoms with Crippen LogP contribution in [0.4, 0.5) is 0 Å². The topological polar surface area (TPSA) is 9.23 Å². The van der Waals surface area contributed by atoms with E-state index >= 15 is 0 Å². The molecule has 0 saturated heterocycles. The lowest BCUT2D eigenvalue weighted by Gasteiger charge is -2.47. The van der Waals surface area contributed by atoms with E-state index in [0.717, 1.165) is 42.1 Å². The van der Waals surface area contributed by atoms with Gasteiger partial charge in [0, 0.05) is 6.61 Å². The number of rotatable bonds is 10. The molecule has 4 rings (SSSR count). The van der Waals surface area contributed by atoms with Crippen LogP contribution in [0.2, 0.25) is 18.1 Å². The highest BCUT2D eigenvalue weighted by Crippen LogP contribution is 2.60. The van der Waals surface area contributed by atoms with Crippen molar-refractivity contribution < 1.29 is 4.43 Å². The minimum Gasteiger partial charge on any atom is -0.417 e. The van der Waals surface area contributed by atoms with Gasteiger partial charge in [0.05, 0.1) is 0 Å². The summed E-state index contributed by atoms with van der Waals surface area (Å²) in [5.41, 5.74) is 0.419. The van der Waals surface area contributed by atoms with Crippen LogP contribution in [0.15, 0.2) is 48.6 Å². The molecule has 6 atom stereocenters. The highest BCUT2D eigenvalue weighted by Gasteiger charge is 2.52. The van der Waals surface area contributed by atoms with Crippen molar-refractivity contribution in [1.29, 1.82) is 0 Å². The Balaban J connectivity index is 1.51. The van der Waals surface area contributed by atoms with E-state index < -0.39 is 8.32 Å². The molecule has 0 N–H and O–H groups in total. The lowest BCUT2D eigenvalue weighted by Crippen LogP contribution is -2.41. The zero-order chi connectivity index (χ0) is 21.9. The summed E-state index contributed by atoms with van der Waals surface area (Å²) in [5, 5.41) is 0. The van der Waals surface area contributed by atoms with Crippen molar-refractivity contribution in [1.82, 2.24) is 0 Å². The first-order valence-electron chi connectivity index (χ1n) is 13.4. The van der Waals surface area contributed by atoms with Gasteiger partial charge in [0.15, 0.2) is 8.32 Å². The monoisotopic (exact) mass is 438 g/mol. The summed E-state index contributed by atoms with van der Waals surface area (Å²) < 4.78 is 6.70. The van der Waals surface area contributed by atoms with Crippen LogP contribution in [-0.2, 0) is 4.43 Å². The van der Waals surface area contributed by atoms with Crippen molar-refractivity contribution in [3.63, 3.8) is 0 Å². The zero-order valence-electron chi connectivity index (χ0n) is 20.6. The number of hydrogen-bond donors (Lipinski definition) is 0. The van der Waals surface area contributed by atoms with E-state index in [-0.39, 0.29) is 0 Å². The van der Waals surface area contributed by atoms with Gasteiger partial charge in [0.2, 0.25) is 0 Å². The lowest BCUT2D eigenvalue weighted by molar-refractivity contribution is 0.0381. The third-order valence-electron chi connectivity index (χ3n) is 10.0. The molecular formula is C29H46OSi. The molecule has 0 aromatic carbocycles. The highest BCUT2D eigenvalue weighted by molar-refractivity contribution is 6.73. The molecule has 0 heterocycles. The number of allylic oxidation sites excluding steroid dienone is 8. The van der Waals surface area contributed by atoms with Crippen molar-refractivity contribution in [2.24, 2.45) is 40.9 Å². The Morgan fingerprint density at radius 2 is 1.23 bits per heavy atom. The predicted molar refractivity (Wildman–Crippen MR) is 136 cm³/mol. The fourth-order valence-corrected chi connectivity index (χ4v) is 10.6. The predicted octanol–water partition coefficient (Wildman–Crippen LogP) is 8.33. The minimum absolute atomic E-state index is 0.419. The Labute approximate surface area is 193 Å². The summed E-state index contributed by atoms with van der Waals surface area (Å²) in [7, 11) is -1.47. The molecule has 4 aliphatic rings. The molecule has 4 aliphatic carbocycles. The van der Waals surface area contributed by atoms with Crippen LogP contribution in [0.5, 0.6) is 0 Å². The van der Waals surface area contributed by atoms with Crippen LogP contribution < -0.4 is 0 Å². The van der Waals surface area contributed by atoms with Crippen molar-refractivity contribution in [3.8, 4) is 0 Å². The average molecular weight is 439 g/mol. The third-order valence-corrected chi connectivity index (χ3v) is 14.7. The van der Waals surface area contributed by atoms with Gasteiger partial charge in [-0.2, -0.15) is 0 Å². The first-order chi connectivity index (χ1) is 15.1. The van der Waals surface area contributed by atoms with Crippen LogP contribution in [0, 0.1) is 40.9 Å². The van der Waals surface area contributed by atoms with Crippen molar-refractivity contribution in [3.05, 3.63) is 48.6 Å². The van der Waals surface area contributed by atoms with E-state index in [2.05, 4.69) is 76.3 Å². The van der Waals surface area contributed by atoms with E-state index in [9.17, 15) is 0 Å². The molecular weight excluding hydrogens is 392 g/mol. The molecule has 0 radical (unpaired) electrons. The summed E-state index contributed by atoms with van der Waals surface area (Å²) in [4.78, 5) is 0. The molecule has 2 fully saturated rings. The summed E-state index contributed by atoms with van der Waals surface area (Å²) >= 11 is 0. The Hall–Kier alpha value is -0.863. The van der Waals surface area contributed by atoms with Crippen molar-refractivity contribution in [2.45, 2.75) is 84.4 Å². The van der Waals surface area contributed by atoms with E-state index in [1.54, 1.807) is 0 Å². The van der Waals surface area contributed by atoms with E-state index in [0.29, 0.717) is 5.41 Å². The summed E-state index contributed by atoms with van der Waals surface area (Å²) in [6.07, 6.45) is 27.5. The number of hydrogen-bond acceptors (Lipinski definition) is 1. The SMILES string of the molecule is CC[Si](CC)(CC)OCCCC(C)(C1CCC2C=CC=CC21)C1CCC2C=CC=CC21. The first kappa shape index (κ1) is 23.3. The maximum absolute atomic E-state index is 6.70. The maximum Gasteiger partial charge on any atom is 0.191 e. The second-order valence-corrected chi connectivity index (χ2v) is 15.9. The smallest absolute Gasteiger partial charge is 0.191 e. The van der Waals surface area contributed by atoms with Gasteiger partial charge >= 0.3 is 0 Å². The second-order valence-electron chi connectivity index (χ2n) is 11.1. The van der Waals surface area contributed by atoms with Crippen LogP contribution in [0.3, 0.4) is 0 Å². The highest BCUT2D eigenvalue weighted by atomic mass is 28.4. The van der Waals surface area contributed by atoms with Gasteiger partial charge in [-0.3, -0.25) is 0 Å².